The van der Waals surface area contributed by atoms with Crippen molar-refractivity contribution in [1.82, 2.24) is 20.3 Å². The van der Waals surface area contributed by atoms with Crippen LogP contribution in [0.25, 0.3) is 22.3 Å². The van der Waals surface area contributed by atoms with E-state index in [1.807, 2.05) is 35.2 Å². The van der Waals surface area contributed by atoms with Gasteiger partial charge in [-0.2, -0.15) is 9.97 Å². The fourth-order valence-corrected chi connectivity index (χ4v) is 7.33. The fraction of sp³-hybridized carbons (Fsp3) is 0.462. The second-order valence-corrected chi connectivity index (χ2v) is 12.2. The number of carbonyl (C=O) groups excluding carboxylic acids is 1. The second-order valence-electron chi connectivity index (χ2n) is 10.2. The van der Waals surface area contributed by atoms with Crippen molar-refractivity contribution in [2.45, 2.75) is 18.6 Å². The van der Waals surface area contributed by atoms with Gasteiger partial charge in [0.1, 0.15) is 11.4 Å². The molecule has 3 aliphatic rings. The topological polar surface area (TPSA) is 127 Å². The lowest BCUT2D eigenvalue weighted by Crippen LogP contribution is -2.66. The molecule has 3 fully saturated rings. The number of morpholine rings is 2. The molecule has 2 aromatic heterocycles. The number of hydrogen-bond acceptors (Lipinski definition) is 10. The first kappa shape index (κ1) is 25.0. The molecule has 0 saturated carbocycles. The Morgan fingerprint density at radius 2 is 1.95 bits per heavy atom. The van der Waals surface area contributed by atoms with Gasteiger partial charge in [0, 0.05) is 31.3 Å². The van der Waals surface area contributed by atoms with Crippen LogP contribution in [0.15, 0.2) is 36.4 Å². The lowest BCUT2D eigenvalue weighted by atomic mass is 10.1. The average Bonchev–Trinajstić information content (AvgIpc) is 2.91. The number of pyridine rings is 1. The molecule has 12 heteroatoms. The first-order chi connectivity index (χ1) is 18.3. The number of nitrogens with one attached hydrogen (secondary N) is 1. The van der Waals surface area contributed by atoms with Crippen molar-refractivity contribution in [3.63, 3.8) is 0 Å². The van der Waals surface area contributed by atoms with Gasteiger partial charge in [0.2, 0.25) is 5.95 Å². The smallest absolute Gasteiger partial charge is 0.251 e. The minimum absolute atomic E-state index is 0.0154. The minimum atomic E-state index is -3.07. The Hall–Kier alpha value is -3.35. The fourth-order valence-electron chi connectivity index (χ4n) is 5.46. The van der Waals surface area contributed by atoms with Crippen LogP contribution in [0.5, 0.6) is 0 Å². The molecule has 3 saturated heterocycles. The zero-order valence-electron chi connectivity index (χ0n) is 21.4. The number of carbonyl (C=O) groups is 1. The van der Waals surface area contributed by atoms with Crippen LogP contribution in [0.3, 0.4) is 0 Å². The van der Waals surface area contributed by atoms with Crippen LogP contribution in [-0.2, 0) is 19.3 Å². The van der Waals surface area contributed by atoms with Crippen LogP contribution in [0.1, 0.15) is 17.3 Å². The van der Waals surface area contributed by atoms with E-state index in [2.05, 4.69) is 17.1 Å². The van der Waals surface area contributed by atoms with Crippen LogP contribution < -0.4 is 15.1 Å². The van der Waals surface area contributed by atoms with Crippen LogP contribution in [-0.4, -0.2) is 98.9 Å². The highest BCUT2D eigenvalue weighted by molar-refractivity contribution is 7.93. The molecule has 6 rings (SSSR count). The summed E-state index contributed by atoms with van der Waals surface area (Å²) >= 11 is 0. The van der Waals surface area contributed by atoms with Crippen molar-refractivity contribution < 1.29 is 22.7 Å². The van der Waals surface area contributed by atoms with E-state index < -0.39 is 15.4 Å². The summed E-state index contributed by atoms with van der Waals surface area (Å²) in [5.41, 5.74) is 1.87. The number of hydrogen-bond donors (Lipinski definition) is 1. The first-order valence-electron chi connectivity index (χ1n) is 12.7. The monoisotopic (exact) mass is 538 g/mol. The summed E-state index contributed by atoms with van der Waals surface area (Å²) in [6.45, 7) is 5.34. The third-order valence-corrected chi connectivity index (χ3v) is 9.24. The Bertz CT molecular complexity index is 1500. The van der Waals surface area contributed by atoms with Crippen molar-refractivity contribution in [1.29, 1.82) is 0 Å². The highest BCUT2D eigenvalue weighted by Gasteiger charge is 2.52. The Morgan fingerprint density at radius 3 is 2.71 bits per heavy atom. The van der Waals surface area contributed by atoms with Gasteiger partial charge >= 0.3 is 0 Å². The maximum absolute atomic E-state index is 12.2. The van der Waals surface area contributed by atoms with Crippen LogP contribution in [0.4, 0.5) is 11.8 Å². The lowest BCUT2D eigenvalue weighted by Gasteiger charge is -2.47. The molecule has 0 aliphatic carbocycles. The second kappa shape index (κ2) is 9.44. The summed E-state index contributed by atoms with van der Waals surface area (Å²) in [7, 11) is -1.46. The molecule has 1 N–H and O–H groups in total. The lowest BCUT2D eigenvalue weighted by molar-refractivity contribution is -0.0333. The Morgan fingerprint density at radius 1 is 1.11 bits per heavy atom. The molecule has 11 nitrogen and oxygen atoms in total. The van der Waals surface area contributed by atoms with Crippen molar-refractivity contribution in [2.75, 3.05) is 67.8 Å². The van der Waals surface area contributed by atoms with Crippen LogP contribution >= 0.6 is 0 Å². The molecule has 0 bridgehead atoms. The number of nitrogens with zero attached hydrogens (tertiary/aromatic N) is 5. The average molecular weight is 539 g/mol. The molecular weight excluding hydrogens is 508 g/mol. The van der Waals surface area contributed by atoms with Gasteiger partial charge in [-0.25, -0.2) is 13.4 Å². The van der Waals surface area contributed by atoms with E-state index in [1.54, 1.807) is 13.1 Å². The van der Waals surface area contributed by atoms with Crippen molar-refractivity contribution in [2.24, 2.45) is 0 Å². The molecule has 0 radical (unpaired) electrons. The molecule has 1 spiro atoms. The van der Waals surface area contributed by atoms with Crippen LogP contribution in [0.2, 0.25) is 0 Å². The number of sulfone groups is 1. The quantitative estimate of drug-likeness (QED) is 0.519. The summed E-state index contributed by atoms with van der Waals surface area (Å²) in [6.07, 6.45) is 0. The van der Waals surface area contributed by atoms with Gasteiger partial charge in [-0.3, -0.25) is 4.79 Å². The third-order valence-electron chi connectivity index (χ3n) is 7.31. The van der Waals surface area contributed by atoms with Gasteiger partial charge in [0.25, 0.3) is 5.91 Å². The maximum Gasteiger partial charge on any atom is 0.251 e. The SMILES string of the molecule is CNC(=O)c1cccc(-c2ccc3c(N4CCOC[C@@H]4C)nc(N4CCOC5(C4)CS(=O)(=O)C5)nc3n2)c1. The molecule has 3 aliphatic heterocycles. The number of anilines is 2. The van der Waals surface area contributed by atoms with E-state index in [0.717, 1.165) is 16.8 Å². The Labute approximate surface area is 221 Å². The highest BCUT2D eigenvalue weighted by Crippen LogP contribution is 2.35. The van der Waals surface area contributed by atoms with Crippen molar-refractivity contribution in [3.05, 3.63) is 42.0 Å². The normalized spacial score (nSPS) is 22.3. The third kappa shape index (κ3) is 4.56. The highest BCUT2D eigenvalue weighted by atomic mass is 32.2. The van der Waals surface area contributed by atoms with Gasteiger partial charge in [-0.05, 0) is 31.2 Å². The summed E-state index contributed by atoms with van der Waals surface area (Å²) in [6, 6.07) is 11.3. The Balaban J connectivity index is 1.43. The molecule has 38 heavy (non-hydrogen) atoms. The molecule has 1 aromatic carbocycles. The standard InChI is InChI=1S/C26H30N6O5S/c1-17-13-36-10-9-32(17)23-20-6-7-21(18-4-3-5-19(12-18)24(33)27-2)28-22(20)29-25(30-23)31-8-11-37-26(14-31)15-38(34,35)16-26/h3-7,12,17H,8-11,13-16H2,1-2H3,(H,27,33)/t17-/m0/s1. The number of benzene rings is 1. The van der Waals surface area contributed by atoms with Crippen molar-refractivity contribution in [3.8, 4) is 11.3 Å². The van der Waals surface area contributed by atoms with Crippen molar-refractivity contribution >= 4 is 38.5 Å². The maximum atomic E-state index is 12.2. The van der Waals surface area contributed by atoms with E-state index in [1.165, 1.54) is 0 Å². The minimum Gasteiger partial charge on any atom is -0.377 e. The number of rotatable bonds is 4. The predicted octanol–water partition coefficient (Wildman–Crippen LogP) is 1.28. The molecule has 1 atom stereocenters. The molecular formula is C26H30N6O5S. The number of fused-ring (bicyclic) bond motifs is 1. The Kier molecular flexibility index (Phi) is 6.20. The molecule has 1 amide bonds. The van der Waals surface area contributed by atoms with Gasteiger partial charge in [0.05, 0.1) is 55.0 Å². The van der Waals surface area contributed by atoms with E-state index in [-0.39, 0.29) is 23.5 Å². The molecule has 0 unspecified atom stereocenters. The van der Waals surface area contributed by atoms with Crippen LogP contribution in [0, 0.1) is 0 Å². The summed E-state index contributed by atoms with van der Waals surface area (Å²) < 4.78 is 35.5. The number of aromatic nitrogens is 3. The summed E-state index contributed by atoms with van der Waals surface area (Å²) in [4.78, 5) is 31.2. The molecule has 200 valence electrons. The predicted molar refractivity (Wildman–Crippen MR) is 143 cm³/mol. The molecule has 5 heterocycles. The summed E-state index contributed by atoms with van der Waals surface area (Å²) in [5.74, 6) is 1.14. The number of ether oxygens (including phenoxy) is 2. The van der Waals surface area contributed by atoms with E-state index in [0.29, 0.717) is 62.3 Å². The summed E-state index contributed by atoms with van der Waals surface area (Å²) in [5, 5.41) is 3.48. The van der Waals surface area contributed by atoms with Gasteiger partial charge in [-0.15, -0.1) is 0 Å². The first-order valence-corrected chi connectivity index (χ1v) is 14.5. The van der Waals surface area contributed by atoms with E-state index in [9.17, 15) is 13.2 Å². The molecule has 3 aromatic rings. The van der Waals surface area contributed by atoms with E-state index >= 15 is 0 Å². The van der Waals surface area contributed by atoms with Gasteiger partial charge < -0.3 is 24.6 Å². The zero-order chi connectivity index (χ0) is 26.5. The van der Waals surface area contributed by atoms with Gasteiger partial charge in [-0.1, -0.05) is 12.1 Å². The number of amides is 1. The largest absolute Gasteiger partial charge is 0.377 e. The van der Waals surface area contributed by atoms with Gasteiger partial charge in [0.15, 0.2) is 15.5 Å². The van der Waals surface area contributed by atoms with E-state index in [4.69, 9.17) is 24.4 Å². The zero-order valence-corrected chi connectivity index (χ0v) is 22.2.